The molecule has 1 aliphatic rings. The average Bonchev–Trinajstić information content (AvgIpc) is 3.29. The summed E-state index contributed by atoms with van der Waals surface area (Å²) in [6, 6.07) is 5.28. The van der Waals surface area contributed by atoms with E-state index in [1.165, 1.54) is 11.3 Å². The van der Waals surface area contributed by atoms with Gasteiger partial charge in [0, 0.05) is 15.8 Å². The lowest BCUT2D eigenvalue weighted by Gasteiger charge is -2.11. The number of primary amides is 1. The Kier molecular flexibility index (Phi) is 6.18. The first kappa shape index (κ1) is 21.9. The summed E-state index contributed by atoms with van der Waals surface area (Å²) in [4.78, 5) is 38.0. The molecule has 3 N–H and O–H groups in total. The Labute approximate surface area is 188 Å². The van der Waals surface area contributed by atoms with Crippen molar-refractivity contribution >= 4 is 45.1 Å². The predicted octanol–water partition coefficient (Wildman–Crippen LogP) is 3.97. The van der Waals surface area contributed by atoms with E-state index in [0.717, 1.165) is 41.5 Å². The molecule has 1 aliphatic carbocycles. The number of ether oxygens (including phenoxy) is 2. The molecule has 0 fully saturated rings. The van der Waals surface area contributed by atoms with E-state index in [9.17, 15) is 14.4 Å². The molecule has 8 nitrogen and oxygen atoms in total. The van der Waals surface area contributed by atoms with Gasteiger partial charge < -0.3 is 24.9 Å². The van der Waals surface area contributed by atoms with E-state index in [1.807, 2.05) is 6.92 Å². The quantitative estimate of drug-likeness (QED) is 0.519. The molecule has 0 aliphatic heterocycles. The zero-order valence-corrected chi connectivity index (χ0v) is 18.7. The highest BCUT2D eigenvalue weighted by Gasteiger charge is 2.26. The minimum atomic E-state index is -0.743. The van der Waals surface area contributed by atoms with Crippen LogP contribution in [0.3, 0.4) is 0 Å². The van der Waals surface area contributed by atoms with Crippen LogP contribution in [0, 0.1) is 6.92 Å². The number of carbonyl (C=O) groups is 3. The van der Waals surface area contributed by atoms with Gasteiger partial charge in [-0.2, -0.15) is 0 Å². The van der Waals surface area contributed by atoms with Crippen molar-refractivity contribution in [1.29, 1.82) is 0 Å². The molecule has 0 spiro atoms. The minimum absolute atomic E-state index is 0.0332. The molecule has 32 heavy (non-hydrogen) atoms. The second kappa shape index (κ2) is 9.04. The fourth-order valence-electron chi connectivity index (χ4n) is 3.93. The SMILES string of the molecule is CCOc1ccc2oc(C(=O)OCC(=O)Nc3sc4c(c3C(N)=O)CCCC4)c(C)c2c1. The Morgan fingerprint density at radius 1 is 1.22 bits per heavy atom. The molecule has 4 rings (SSSR count). The van der Waals surface area contributed by atoms with E-state index in [0.29, 0.717) is 34.1 Å². The summed E-state index contributed by atoms with van der Waals surface area (Å²) in [5.41, 5.74) is 7.97. The van der Waals surface area contributed by atoms with Gasteiger partial charge in [-0.05, 0) is 63.3 Å². The number of anilines is 1. The van der Waals surface area contributed by atoms with Crippen molar-refractivity contribution in [3.05, 3.63) is 45.5 Å². The number of thiophene rings is 1. The van der Waals surface area contributed by atoms with Crippen LogP contribution < -0.4 is 15.8 Å². The van der Waals surface area contributed by atoms with Crippen molar-refractivity contribution in [2.75, 3.05) is 18.5 Å². The fourth-order valence-corrected chi connectivity index (χ4v) is 5.24. The molecular formula is C23H24N2O6S. The van der Waals surface area contributed by atoms with Gasteiger partial charge in [-0.1, -0.05) is 0 Å². The first-order valence-corrected chi connectivity index (χ1v) is 11.3. The molecule has 1 aromatic carbocycles. The highest BCUT2D eigenvalue weighted by atomic mass is 32.1. The largest absolute Gasteiger partial charge is 0.494 e. The van der Waals surface area contributed by atoms with Gasteiger partial charge in [0.1, 0.15) is 16.3 Å². The molecule has 168 valence electrons. The summed E-state index contributed by atoms with van der Waals surface area (Å²) < 4.78 is 16.3. The van der Waals surface area contributed by atoms with Crippen molar-refractivity contribution in [1.82, 2.24) is 0 Å². The van der Waals surface area contributed by atoms with Gasteiger partial charge in [0.15, 0.2) is 6.61 Å². The predicted molar refractivity (Wildman–Crippen MR) is 121 cm³/mol. The molecule has 9 heteroatoms. The lowest BCUT2D eigenvalue weighted by atomic mass is 9.95. The van der Waals surface area contributed by atoms with Crippen molar-refractivity contribution in [3.63, 3.8) is 0 Å². The van der Waals surface area contributed by atoms with Crippen molar-refractivity contribution in [2.45, 2.75) is 39.5 Å². The fraction of sp³-hybridized carbons (Fsp3) is 0.348. The maximum atomic E-state index is 12.5. The molecular weight excluding hydrogens is 432 g/mol. The number of aryl methyl sites for hydroxylation is 2. The standard InChI is InChI=1S/C23H24N2O6S/c1-3-29-13-8-9-16-15(10-13)12(2)20(31-16)23(28)30-11-18(26)25-22-19(21(24)27)14-6-4-5-7-17(14)32-22/h8-10H,3-7,11H2,1-2H3,(H2,24,27)(H,25,26). The topological polar surface area (TPSA) is 121 Å². The number of nitrogens with two attached hydrogens (primary N) is 1. The van der Waals surface area contributed by atoms with Gasteiger partial charge in [0.05, 0.1) is 12.2 Å². The van der Waals surface area contributed by atoms with Crippen molar-refractivity contribution < 1.29 is 28.3 Å². The summed E-state index contributed by atoms with van der Waals surface area (Å²) >= 11 is 1.36. The highest BCUT2D eigenvalue weighted by molar-refractivity contribution is 7.17. The number of furan rings is 1. The van der Waals surface area contributed by atoms with Gasteiger partial charge in [-0.15, -0.1) is 11.3 Å². The van der Waals surface area contributed by atoms with Crippen LogP contribution in [0.25, 0.3) is 11.0 Å². The smallest absolute Gasteiger partial charge is 0.375 e. The van der Waals surface area contributed by atoms with E-state index >= 15 is 0 Å². The minimum Gasteiger partial charge on any atom is -0.494 e. The summed E-state index contributed by atoms with van der Waals surface area (Å²) in [7, 11) is 0. The zero-order chi connectivity index (χ0) is 22.8. The van der Waals surface area contributed by atoms with Gasteiger partial charge in [-0.3, -0.25) is 9.59 Å². The van der Waals surface area contributed by atoms with Crippen LogP contribution in [-0.4, -0.2) is 31.0 Å². The lowest BCUT2D eigenvalue weighted by Crippen LogP contribution is -2.23. The Bertz CT molecular complexity index is 1210. The number of carbonyl (C=O) groups excluding carboxylic acids is 3. The Morgan fingerprint density at radius 3 is 2.75 bits per heavy atom. The van der Waals surface area contributed by atoms with Crippen molar-refractivity contribution in [3.8, 4) is 5.75 Å². The third-order valence-corrected chi connectivity index (χ3v) is 6.62. The first-order chi connectivity index (χ1) is 15.4. The Hall–Kier alpha value is -3.33. The van der Waals surface area contributed by atoms with Gasteiger partial charge in [0.2, 0.25) is 5.76 Å². The Balaban J connectivity index is 1.45. The molecule has 0 saturated heterocycles. The van der Waals surface area contributed by atoms with Crippen LogP contribution in [-0.2, 0) is 22.4 Å². The third-order valence-electron chi connectivity index (χ3n) is 5.41. The molecule has 3 aromatic rings. The van der Waals surface area contributed by atoms with Gasteiger partial charge in [-0.25, -0.2) is 4.79 Å². The van der Waals surface area contributed by atoms with Crippen LogP contribution >= 0.6 is 11.3 Å². The number of amides is 2. The van der Waals surface area contributed by atoms with Gasteiger partial charge >= 0.3 is 5.97 Å². The molecule has 2 aromatic heterocycles. The van der Waals surface area contributed by atoms with Crippen molar-refractivity contribution in [2.24, 2.45) is 5.73 Å². The summed E-state index contributed by atoms with van der Waals surface area (Å²) in [5.74, 6) is -1.15. The van der Waals surface area contributed by atoms with E-state index in [4.69, 9.17) is 19.6 Å². The number of esters is 1. The number of hydrogen-bond acceptors (Lipinski definition) is 7. The van der Waals surface area contributed by atoms with Gasteiger partial charge in [0.25, 0.3) is 11.8 Å². The number of hydrogen-bond donors (Lipinski definition) is 2. The molecule has 0 saturated carbocycles. The maximum absolute atomic E-state index is 12.5. The lowest BCUT2D eigenvalue weighted by molar-refractivity contribution is -0.119. The summed E-state index contributed by atoms with van der Waals surface area (Å²) in [6.07, 6.45) is 3.66. The molecule has 2 amide bonds. The van der Waals surface area contributed by atoms with Crippen LogP contribution in [0.2, 0.25) is 0 Å². The van der Waals surface area contributed by atoms with E-state index in [-0.39, 0.29) is 5.76 Å². The number of nitrogens with one attached hydrogen (secondary N) is 1. The molecule has 0 radical (unpaired) electrons. The number of benzene rings is 1. The second-order valence-electron chi connectivity index (χ2n) is 7.55. The second-order valence-corrected chi connectivity index (χ2v) is 8.66. The molecule has 0 atom stereocenters. The molecule has 0 bridgehead atoms. The van der Waals surface area contributed by atoms with E-state index in [1.54, 1.807) is 25.1 Å². The first-order valence-electron chi connectivity index (χ1n) is 10.5. The number of rotatable bonds is 7. The highest BCUT2D eigenvalue weighted by Crippen LogP contribution is 2.38. The van der Waals surface area contributed by atoms with E-state index < -0.39 is 24.4 Å². The normalized spacial score (nSPS) is 12.9. The third kappa shape index (κ3) is 4.20. The zero-order valence-electron chi connectivity index (χ0n) is 17.9. The van der Waals surface area contributed by atoms with Crippen LogP contribution in [0.15, 0.2) is 22.6 Å². The maximum Gasteiger partial charge on any atom is 0.375 e. The molecule has 2 heterocycles. The average molecular weight is 457 g/mol. The summed E-state index contributed by atoms with van der Waals surface area (Å²) in [5, 5.41) is 3.82. The van der Waals surface area contributed by atoms with Crippen LogP contribution in [0.4, 0.5) is 5.00 Å². The Morgan fingerprint density at radius 2 is 2.00 bits per heavy atom. The van der Waals surface area contributed by atoms with E-state index in [2.05, 4.69) is 5.32 Å². The van der Waals surface area contributed by atoms with Crippen LogP contribution in [0.1, 0.15) is 56.7 Å². The van der Waals surface area contributed by atoms with Crippen LogP contribution in [0.5, 0.6) is 5.75 Å². The number of fused-ring (bicyclic) bond motifs is 2. The molecule has 0 unspecified atom stereocenters. The monoisotopic (exact) mass is 456 g/mol. The summed E-state index contributed by atoms with van der Waals surface area (Å²) in [6.45, 7) is 3.64.